The molecule has 2 amide bonds. The Morgan fingerprint density at radius 3 is 2.75 bits per heavy atom. The number of hydrogen-bond acceptors (Lipinski definition) is 3. The highest BCUT2D eigenvalue weighted by molar-refractivity contribution is 5.74. The molecule has 2 fully saturated rings. The first kappa shape index (κ1) is 17.2. The van der Waals surface area contributed by atoms with E-state index in [-0.39, 0.29) is 18.1 Å². The predicted molar refractivity (Wildman–Crippen MR) is 95.7 cm³/mol. The zero-order chi connectivity index (χ0) is 16.8. The van der Waals surface area contributed by atoms with Crippen LogP contribution in [0.1, 0.15) is 57.1 Å². The molecule has 1 aromatic heterocycles. The molecule has 2 atom stereocenters. The second kappa shape index (κ2) is 8.47. The van der Waals surface area contributed by atoms with Crippen LogP contribution in [0.25, 0.3) is 0 Å². The van der Waals surface area contributed by atoms with Gasteiger partial charge >= 0.3 is 6.03 Å². The first-order chi connectivity index (χ1) is 11.7. The summed E-state index contributed by atoms with van der Waals surface area (Å²) >= 11 is 0. The molecule has 5 nitrogen and oxygen atoms in total. The summed E-state index contributed by atoms with van der Waals surface area (Å²) < 4.78 is 0. The molecule has 0 spiro atoms. The van der Waals surface area contributed by atoms with Crippen LogP contribution in [-0.4, -0.2) is 41.6 Å². The molecule has 0 bridgehead atoms. The number of rotatable bonds is 6. The second-order valence-electron chi connectivity index (χ2n) is 7.25. The lowest BCUT2D eigenvalue weighted by Gasteiger charge is -2.22. The summed E-state index contributed by atoms with van der Waals surface area (Å²) in [5.41, 5.74) is 1.11. The number of aromatic nitrogens is 1. The minimum Gasteiger partial charge on any atom is -0.334 e. The van der Waals surface area contributed by atoms with Crippen LogP contribution < -0.4 is 10.6 Å². The maximum Gasteiger partial charge on any atom is 0.315 e. The Hall–Kier alpha value is -1.62. The molecule has 2 heterocycles. The highest BCUT2D eigenvalue weighted by Gasteiger charge is 2.27. The van der Waals surface area contributed by atoms with Gasteiger partial charge in [0.05, 0.1) is 6.04 Å². The number of pyridine rings is 1. The number of carbonyl (C=O) groups is 1. The van der Waals surface area contributed by atoms with Gasteiger partial charge in [-0.2, -0.15) is 0 Å². The van der Waals surface area contributed by atoms with Gasteiger partial charge < -0.3 is 15.5 Å². The van der Waals surface area contributed by atoms with E-state index < -0.39 is 0 Å². The standard InChI is InChI=1S/C19H30N4O/c1-2-18(16-7-10-20-11-8-16)22-19(24)21-17-9-12-23(14-17)13-15-5-3-4-6-15/h7-8,10-11,15,17-18H,2-6,9,12-14H2,1H3,(H2,21,22,24)/t17-,18+/m0/s1. The van der Waals surface area contributed by atoms with Gasteiger partial charge in [-0.15, -0.1) is 0 Å². The summed E-state index contributed by atoms with van der Waals surface area (Å²) in [6.45, 7) is 5.41. The van der Waals surface area contributed by atoms with Crippen molar-refractivity contribution in [1.29, 1.82) is 0 Å². The number of amides is 2. The van der Waals surface area contributed by atoms with E-state index in [2.05, 4.69) is 27.4 Å². The fraction of sp³-hybridized carbons (Fsp3) is 0.684. The number of carbonyl (C=O) groups excluding carboxylic acids is 1. The first-order valence-corrected chi connectivity index (χ1v) is 9.44. The van der Waals surface area contributed by atoms with Gasteiger partial charge in [0.2, 0.25) is 0 Å². The predicted octanol–water partition coefficient (Wildman–Crippen LogP) is 3.10. The summed E-state index contributed by atoms with van der Waals surface area (Å²) in [5.74, 6) is 0.883. The molecule has 0 radical (unpaired) electrons. The van der Waals surface area contributed by atoms with Gasteiger partial charge in [-0.05, 0) is 49.3 Å². The summed E-state index contributed by atoms with van der Waals surface area (Å²) in [5, 5.41) is 6.26. The summed E-state index contributed by atoms with van der Waals surface area (Å²) in [4.78, 5) is 18.9. The fourth-order valence-electron chi connectivity index (χ4n) is 4.08. The lowest BCUT2D eigenvalue weighted by Crippen LogP contribution is -2.44. The zero-order valence-electron chi connectivity index (χ0n) is 14.7. The lowest BCUT2D eigenvalue weighted by molar-refractivity contribution is 0.230. The summed E-state index contributed by atoms with van der Waals surface area (Å²) in [6, 6.07) is 4.21. The SMILES string of the molecule is CC[C@@H](NC(=O)N[C@H]1CCN(CC2CCCC2)C1)c1ccncc1. The van der Waals surface area contributed by atoms with E-state index >= 15 is 0 Å². The molecule has 1 saturated heterocycles. The highest BCUT2D eigenvalue weighted by Crippen LogP contribution is 2.26. The topological polar surface area (TPSA) is 57.3 Å². The Morgan fingerprint density at radius 2 is 2.04 bits per heavy atom. The van der Waals surface area contributed by atoms with Gasteiger partial charge in [0, 0.05) is 38.1 Å². The third kappa shape index (κ3) is 4.69. The summed E-state index contributed by atoms with van der Waals surface area (Å²) in [6.07, 6.45) is 11.1. The molecule has 1 saturated carbocycles. The van der Waals surface area contributed by atoms with Crippen molar-refractivity contribution in [2.75, 3.05) is 19.6 Å². The van der Waals surface area contributed by atoms with Crippen LogP contribution in [0.15, 0.2) is 24.5 Å². The van der Waals surface area contributed by atoms with Crippen molar-refractivity contribution in [1.82, 2.24) is 20.5 Å². The Bertz CT molecular complexity index is 515. The molecular formula is C19H30N4O. The Kier molecular flexibility index (Phi) is 6.07. The van der Waals surface area contributed by atoms with Crippen LogP contribution in [0.2, 0.25) is 0 Å². The third-order valence-electron chi connectivity index (χ3n) is 5.42. The van der Waals surface area contributed by atoms with Gasteiger partial charge in [-0.1, -0.05) is 19.8 Å². The smallest absolute Gasteiger partial charge is 0.315 e. The molecule has 132 valence electrons. The quantitative estimate of drug-likeness (QED) is 0.843. The van der Waals surface area contributed by atoms with Crippen molar-refractivity contribution in [2.24, 2.45) is 5.92 Å². The Balaban J connectivity index is 1.43. The fourth-order valence-corrected chi connectivity index (χ4v) is 4.08. The minimum atomic E-state index is -0.0496. The molecule has 3 rings (SSSR count). The monoisotopic (exact) mass is 330 g/mol. The normalized spacial score (nSPS) is 23.3. The highest BCUT2D eigenvalue weighted by atomic mass is 16.2. The van der Waals surface area contributed by atoms with E-state index in [4.69, 9.17) is 0 Å². The van der Waals surface area contributed by atoms with E-state index in [1.165, 1.54) is 32.2 Å². The first-order valence-electron chi connectivity index (χ1n) is 9.44. The molecule has 2 N–H and O–H groups in total. The van der Waals surface area contributed by atoms with Crippen molar-refractivity contribution in [3.63, 3.8) is 0 Å². The van der Waals surface area contributed by atoms with E-state index in [9.17, 15) is 4.79 Å². The average molecular weight is 330 g/mol. The van der Waals surface area contributed by atoms with Gasteiger partial charge in [0.15, 0.2) is 0 Å². The molecule has 24 heavy (non-hydrogen) atoms. The van der Waals surface area contributed by atoms with Crippen LogP contribution in [0.5, 0.6) is 0 Å². The largest absolute Gasteiger partial charge is 0.334 e. The number of nitrogens with zero attached hydrogens (tertiary/aromatic N) is 2. The van der Waals surface area contributed by atoms with E-state index in [0.717, 1.165) is 37.4 Å². The van der Waals surface area contributed by atoms with E-state index in [0.29, 0.717) is 0 Å². The number of hydrogen-bond donors (Lipinski definition) is 2. The minimum absolute atomic E-state index is 0.0454. The van der Waals surface area contributed by atoms with Crippen LogP contribution in [-0.2, 0) is 0 Å². The van der Waals surface area contributed by atoms with Crippen molar-refractivity contribution < 1.29 is 4.79 Å². The maximum atomic E-state index is 12.3. The van der Waals surface area contributed by atoms with Crippen LogP contribution in [0.4, 0.5) is 4.79 Å². The number of likely N-dealkylation sites (tertiary alicyclic amines) is 1. The van der Waals surface area contributed by atoms with Gasteiger partial charge in [-0.25, -0.2) is 4.79 Å². The second-order valence-corrected chi connectivity index (χ2v) is 7.25. The Labute approximate surface area is 145 Å². The van der Waals surface area contributed by atoms with Crippen LogP contribution >= 0.6 is 0 Å². The Morgan fingerprint density at radius 1 is 1.29 bits per heavy atom. The summed E-state index contributed by atoms with van der Waals surface area (Å²) in [7, 11) is 0. The zero-order valence-corrected chi connectivity index (χ0v) is 14.7. The number of urea groups is 1. The number of nitrogens with one attached hydrogen (secondary N) is 2. The van der Waals surface area contributed by atoms with E-state index in [1.807, 2.05) is 12.1 Å². The third-order valence-corrected chi connectivity index (χ3v) is 5.42. The van der Waals surface area contributed by atoms with Crippen LogP contribution in [0.3, 0.4) is 0 Å². The average Bonchev–Trinajstić information content (AvgIpc) is 3.26. The van der Waals surface area contributed by atoms with Gasteiger partial charge in [0.1, 0.15) is 0 Å². The molecule has 2 aliphatic rings. The molecule has 0 aromatic carbocycles. The molecule has 5 heteroatoms. The van der Waals surface area contributed by atoms with Gasteiger partial charge in [0.25, 0.3) is 0 Å². The van der Waals surface area contributed by atoms with Crippen LogP contribution in [0, 0.1) is 5.92 Å². The van der Waals surface area contributed by atoms with E-state index in [1.54, 1.807) is 12.4 Å². The van der Waals surface area contributed by atoms with Crippen molar-refractivity contribution in [3.8, 4) is 0 Å². The van der Waals surface area contributed by atoms with Crippen molar-refractivity contribution >= 4 is 6.03 Å². The molecule has 1 aliphatic carbocycles. The molecule has 0 unspecified atom stereocenters. The van der Waals surface area contributed by atoms with Gasteiger partial charge in [-0.3, -0.25) is 4.98 Å². The van der Waals surface area contributed by atoms with Crippen molar-refractivity contribution in [2.45, 2.75) is 57.5 Å². The van der Waals surface area contributed by atoms with Crippen molar-refractivity contribution in [3.05, 3.63) is 30.1 Å². The lowest BCUT2D eigenvalue weighted by atomic mass is 10.1. The molecule has 1 aromatic rings. The molecule has 1 aliphatic heterocycles. The maximum absolute atomic E-state index is 12.3. The molecular weight excluding hydrogens is 300 g/mol.